The molecule has 0 N–H and O–H groups in total. The fourth-order valence-corrected chi connectivity index (χ4v) is 19.1. The van der Waals surface area contributed by atoms with Crippen LogP contribution >= 0.6 is 0 Å². The zero-order chi connectivity index (χ0) is 46.5. The van der Waals surface area contributed by atoms with E-state index >= 15 is 0 Å². The second kappa shape index (κ2) is 17.5. The van der Waals surface area contributed by atoms with E-state index in [1.165, 1.54) is 81.8 Å². The van der Waals surface area contributed by atoms with Crippen LogP contribution in [0.2, 0.25) is 0 Å². The van der Waals surface area contributed by atoms with Gasteiger partial charge in [0, 0.05) is 43.9 Å². The summed E-state index contributed by atoms with van der Waals surface area (Å²) < 4.78 is 25.2. The molecule has 0 aromatic rings. The third-order valence-corrected chi connectivity index (χ3v) is 23.0. The van der Waals surface area contributed by atoms with Crippen LogP contribution in [-0.4, -0.2) is 49.6 Å². The zero-order valence-corrected chi connectivity index (χ0v) is 43.3. The molecule has 2 saturated heterocycles. The highest BCUT2D eigenvalue weighted by molar-refractivity contribution is 5.75. The lowest BCUT2D eigenvalue weighted by atomic mass is 9.43. The molecule has 0 unspecified atom stereocenters. The van der Waals surface area contributed by atoms with Crippen molar-refractivity contribution in [3.05, 3.63) is 24.3 Å². The van der Waals surface area contributed by atoms with Gasteiger partial charge < -0.3 is 28.5 Å². The molecular weight excluding hydrogens is 805 g/mol. The molecule has 8 aliphatic carbocycles. The van der Waals surface area contributed by atoms with Crippen molar-refractivity contribution in [1.29, 1.82) is 0 Å². The summed E-state index contributed by atoms with van der Waals surface area (Å²) in [5.41, 5.74) is 4.84. The molecule has 2 spiro atoms. The van der Waals surface area contributed by atoms with E-state index in [4.69, 9.17) is 32.1 Å². The lowest BCUT2D eigenvalue weighted by Gasteiger charge is -2.63. The van der Waals surface area contributed by atoms with E-state index in [1.54, 1.807) is 13.8 Å². The van der Waals surface area contributed by atoms with Gasteiger partial charge in [-0.15, -0.1) is 0 Å². The van der Waals surface area contributed by atoms with Crippen LogP contribution in [0.1, 0.15) is 198 Å². The summed E-state index contributed by atoms with van der Waals surface area (Å²) in [6.45, 7) is 35.9. The Bertz CT molecular complexity index is 1810. The lowest BCUT2D eigenvalue weighted by molar-refractivity contribution is -0.328. The summed E-state index contributed by atoms with van der Waals surface area (Å²) in [7, 11) is 0. The molecule has 10 rings (SSSR count). The summed E-state index contributed by atoms with van der Waals surface area (Å²) in [6, 6.07) is 0. The molecule has 0 aromatic heterocycles. The van der Waals surface area contributed by atoms with Crippen molar-refractivity contribution in [2.45, 2.75) is 209 Å². The first-order chi connectivity index (χ1) is 30.6. The molecule has 0 amide bonds. The smallest absolute Gasteiger partial charge is 0.168 e. The number of Topliss-reactive ketones (excluding diaryl/α,β-unsaturated/α-hetero) is 2. The molecule has 6 nitrogen and oxygen atoms in total. The SMILES string of the molecule is C=C1C[C@H]2CC3(CC[C@]2(C)[C@H]2CC[C@]4(C)[C@@H]([C@H](C)CCC(C)=O)CC[C@H]4[C@H]12)OCC(C)(C)CO3.C=C1C[C@H]2CC3(CC[C@]2(C)[C@H]2CC[C@]4(C)[C@@H]([C@H](C)CCC(C)=O)CC[C@H]4[C@H]12)OCCO3. The van der Waals surface area contributed by atoms with Crippen LogP contribution in [0.5, 0.6) is 0 Å². The summed E-state index contributed by atoms with van der Waals surface area (Å²) in [5.74, 6) is 8.68. The number of carbonyl (C=O) groups excluding carboxylic acids is 2. The number of hydrogen-bond acceptors (Lipinski definition) is 6. The monoisotopic (exact) mass is 899 g/mol. The normalized spacial score (nSPS) is 46.4. The van der Waals surface area contributed by atoms with E-state index in [-0.39, 0.29) is 17.0 Å². The van der Waals surface area contributed by atoms with Crippen molar-refractivity contribution >= 4 is 11.6 Å². The third-order valence-electron chi connectivity index (χ3n) is 23.0. The Morgan fingerprint density at radius 2 is 0.923 bits per heavy atom. The van der Waals surface area contributed by atoms with Crippen LogP contribution in [0, 0.1) is 98.1 Å². The third kappa shape index (κ3) is 8.40. The van der Waals surface area contributed by atoms with E-state index < -0.39 is 0 Å². The number of hydrogen-bond donors (Lipinski definition) is 0. The fourth-order valence-electron chi connectivity index (χ4n) is 19.1. The second-order valence-electron chi connectivity index (χ2n) is 27.2. The van der Waals surface area contributed by atoms with E-state index in [2.05, 4.69) is 55.4 Å². The van der Waals surface area contributed by atoms with Crippen molar-refractivity contribution in [3.8, 4) is 0 Å². The van der Waals surface area contributed by atoms with Gasteiger partial charge >= 0.3 is 0 Å². The minimum Gasteiger partial charge on any atom is -0.349 e. The highest BCUT2D eigenvalue weighted by Crippen LogP contribution is 2.72. The average molecular weight is 899 g/mol. The van der Waals surface area contributed by atoms with Gasteiger partial charge in [0.2, 0.25) is 0 Å². The molecule has 2 heterocycles. The maximum atomic E-state index is 11.6. The minimum atomic E-state index is -0.347. The molecule has 6 heteroatoms. The predicted octanol–water partition coefficient (Wildman–Crippen LogP) is 14.1. The summed E-state index contributed by atoms with van der Waals surface area (Å²) >= 11 is 0. The standard InChI is InChI=1S/C31H50O3.C28H44O3/c1-20(8-9-22(3)32)24-10-11-25-27-21(2)16-23-17-31(33-18-28(4,5)19-34-31)15-14-29(23,6)26(27)12-13-30(24,25)7;1-18(6-7-20(3)29)22-8-9-23-25-19(2)16-21-17-28(30-14-15-31-28)13-12-26(21,4)24(25)10-11-27(22,23)5/h20,23-27H,2,8-19H2,1,3-7H3;18,21-25H,2,6-17H2,1,3-5H3/t20-,23+,24-,25+,26+,27+,29+,30-;18-,21+,22-,23+,24+,25+,26+,27-/m11/s1. The first-order valence-corrected chi connectivity index (χ1v) is 27.5. The molecule has 0 radical (unpaired) electrons. The number of fused-ring (bicyclic) bond motifs is 10. The number of rotatable bonds is 8. The molecule has 366 valence electrons. The molecule has 65 heavy (non-hydrogen) atoms. The molecule has 2 aliphatic heterocycles. The van der Waals surface area contributed by atoms with Crippen molar-refractivity contribution in [1.82, 2.24) is 0 Å². The van der Waals surface area contributed by atoms with Gasteiger partial charge in [-0.2, -0.15) is 0 Å². The van der Waals surface area contributed by atoms with Crippen LogP contribution in [0.4, 0.5) is 0 Å². The molecule has 16 atom stereocenters. The Morgan fingerprint density at radius 3 is 1.32 bits per heavy atom. The van der Waals surface area contributed by atoms with Crippen LogP contribution in [0.3, 0.4) is 0 Å². The van der Waals surface area contributed by atoms with Crippen LogP contribution < -0.4 is 0 Å². The highest BCUT2D eigenvalue weighted by Gasteiger charge is 2.65. The van der Waals surface area contributed by atoms with Crippen molar-refractivity contribution in [2.24, 2.45) is 98.1 Å². The number of allylic oxidation sites excluding steroid dienone is 2. The summed E-state index contributed by atoms with van der Waals surface area (Å²) in [5, 5.41) is 0. The summed E-state index contributed by atoms with van der Waals surface area (Å²) in [6.07, 6.45) is 23.5. The van der Waals surface area contributed by atoms with Gasteiger partial charge in [0.1, 0.15) is 11.6 Å². The topological polar surface area (TPSA) is 71.1 Å². The van der Waals surface area contributed by atoms with E-state index in [9.17, 15) is 9.59 Å². The van der Waals surface area contributed by atoms with Gasteiger partial charge in [0.05, 0.1) is 26.4 Å². The fraction of sp³-hybridized carbons (Fsp3) is 0.898. The lowest BCUT2D eigenvalue weighted by Crippen LogP contribution is -2.59. The number of ether oxygens (including phenoxy) is 4. The Hall–Kier alpha value is -1.34. The first-order valence-electron chi connectivity index (χ1n) is 27.5. The first kappa shape index (κ1) is 48.7. The quantitative estimate of drug-likeness (QED) is 0.226. The molecule has 10 aliphatic rings. The molecule has 10 fully saturated rings. The van der Waals surface area contributed by atoms with Gasteiger partial charge in [0.25, 0.3) is 0 Å². The van der Waals surface area contributed by atoms with E-state index in [0.717, 1.165) is 120 Å². The number of carbonyl (C=O) groups is 2. The van der Waals surface area contributed by atoms with Crippen LogP contribution in [0.15, 0.2) is 24.3 Å². The average Bonchev–Trinajstić information content (AvgIpc) is 3.97. The minimum absolute atomic E-state index is 0.127. The maximum Gasteiger partial charge on any atom is 0.168 e. The van der Waals surface area contributed by atoms with Gasteiger partial charge in [-0.1, -0.05) is 79.7 Å². The predicted molar refractivity (Wildman–Crippen MR) is 261 cm³/mol. The van der Waals surface area contributed by atoms with Crippen molar-refractivity contribution in [3.63, 3.8) is 0 Å². The Morgan fingerprint density at radius 1 is 0.538 bits per heavy atom. The van der Waals surface area contributed by atoms with Gasteiger partial charge in [-0.05, 0) is 196 Å². The maximum absolute atomic E-state index is 11.6. The Kier molecular flexibility index (Phi) is 13.1. The van der Waals surface area contributed by atoms with Gasteiger partial charge in [-0.3, -0.25) is 0 Å². The Labute approximate surface area is 396 Å². The summed E-state index contributed by atoms with van der Waals surface area (Å²) in [4.78, 5) is 23.2. The largest absolute Gasteiger partial charge is 0.349 e. The molecule has 0 bridgehead atoms. The van der Waals surface area contributed by atoms with Crippen molar-refractivity contribution in [2.75, 3.05) is 26.4 Å². The van der Waals surface area contributed by atoms with E-state index in [1.807, 2.05) is 0 Å². The highest BCUT2D eigenvalue weighted by atomic mass is 16.7. The molecule has 0 aromatic carbocycles. The zero-order valence-electron chi connectivity index (χ0n) is 43.3. The van der Waals surface area contributed by atoms with Gasteiger partial charge in [-0.25, -0.2) is 0 Å². The van der Waals surface area contributed by atoms with Crippen LogP contribution in [0.25, 0.3) is 0 Å². The number of ketones is 2. The van der Waals surface area contributed by atoms with E-state index in [0.29, 0.717) is 68.7 Å². The van der Waals surface area contributed by atoms with Crippen molar-refractivity contribution < 1.29 is 28.5 Å². The van der Waals surface area contributed by atoms with Gasteiger partial charge in [0.15, 0.2) is 11.6 Å². The Balaban J connectivity index is 0.000000165. The molecule has 8 saturated carbocycles. The second-order valence-corrected chi connectivity index (χ2v) is 27.2. The molecular formula is C59H94O6. The van der Waals surface area contributed by atoms with Crippen LogP contribution in [-0.2, 0) is 28.5 Å².